The van der Waals surface area contributed by atoms with Gasteiger partial charge in [0.05, 0.1) is 12.7 Å². The first-order valence-corrected chi connectivity index (χ1v) is 8.46. The molecule has 0 atom stereocenters. The zero-order chi connectivity index (χ0) is 18.1. The Morgan fingerprint density at radius 1 is 1.04 bits per heavy atom. The van der Waals surface area contributed by atoms with Crippen molar-refractivity contribution in [2.24, 2.45) is 4.99 Å². The Balaban J connectivity index is 0.00000338. The molecule has 2 rings (SSSR count). The van der Waals surface area contributed by atoms with E-state index in [9.17, 15) is 4.39 Å². The van der Waals surface area contributed by atoms with Crippen molar-refractivity contribution in [2.75, 3.05) is 7.05 Å². The van der Waals surface area contributed by atoms with Crippen LogP contribution in [0.15, 0.2) is 53.5 Å². The van der Waals surface area contributed by atoms with Crippen molar-refractivity contribution in [3.05, 3.63) is 71.0 Å². The number of nitrogens with zero attached hydrogens (tertiary/aromatic N) is 1. The third-order valence-corrected chi connectivity index (χ3v) is 3.66. The largest absolute Gasteiger partial charge is 0.374 e. The second-order valence-electron chi connectivity index (χ2n) is 6.05. The lowest BCUT2D eigenvalue weighted by atomic mass is 10.1. The number of aliphatic imine (C=N–C) groups is 1. The fourth-order valence-corrected chi connectivity index (χ4v) is 2.32. The molecule has 0 unspecified atom stereocenters. The van der Waals surface area contributed by atoms with Gasteiger partial charge >= 0.3 is 0 Å². The van der Waals surface area contributed by atoms with E-state index in [0.717, 1.165) is 11.1 Å². The van der Waals surface area contributed by atoms with Crippen LogP contribution in [0.25, 0.3) is 0 Å². The number of benzene rings is 2. The highest BCUT2D eigenvalue weighted by Gasteiger charge is 2.03. The summed E-state index contributed by atoms with van der Waals surface area (Å²) in [6, 6.07) is 15.0. The van der Waals surface area contributed by atoms with Crippen LogP contribution in [-0.4, -0.2) is 19.1 Å². The molecule has 142 valence electrons. The van der Waals surface area contributed by atoms with Gasteiger partial charge in [-0.25, -0.2) is 4.39 Å². The smallest absolute Gasteiger partial charge is 0.191 e. The number of hydrogen-bond acceptors (Lipinski definition) is 2. The highest BCUT2D eigenvalue weighted by Crippen LogP contribution is 2.08. The summed E-state index contributed by atoms with van der Waals surface area (Å²) in [7, 11) is 1.70. The van der Waals surface area contributed by atoms with Crippen LogP contribution in [0.5, 0.6) is 0 Å². The van der Waals surface area contributed by atoms with Crippen LogP contribution in [0.4, 0.5) is 4.39 Å². The number of halogens is 2. The molecule has 0 saturated heterocycles. The molecule has 0 bridgehead atoms. The van der Waals surface area contributed by atoms with E-state index in [0.29, 0.717) is 31.2 Å². The van der Waals surface area contributed by atoms with Crippen molar-refractivity contribution in [3.8, 4) is 0 Å². The third kappa shape index (κ3) is 7.70. The van der Waals surface area contributed by atoms with Gasteiger partial charge < -0.3 is 15.4 Å². The van der Waals surface area contributed by atoms with Crippen LogP contribution in [0, 0.1) is 5.82 Å². The van der Waals surface area contributed by atoms with Crippen LogP contribution in [0.2, 0.25) is 0 Å². The third-order valence-electron chi connectivity index (χ3n) is 3.66. The molecule has 0 fully saturated rings. The van der Waals surface area contributed by atoms with Crippen LogP contribution in [0.1, 0.15) is 30.5 Å². The van der Waals surface area contributed by atoms with E-state index in [4.69, 9.17) is 4.74 Å². The maximum Gasteiger partial charge on any atom is 0.191 e. The molecular formula is C20H27FIN3O. The Labute approximate surface area is 172 Å². The topological polar surface area (TPSA) is 45.7 Å². The fraction of sp³-hybridized carbons (Fsp3) is 0.350. The second-order valence-corrected chi connectivity index (χ2v) is 6.05. The van der Waals surface area contributed by atoms with E-state index in [-0.39, 0.29) is 35.9 Å². The molecule has 4 nitrogen and oxygen atoms in total. The molecule has 0 radical (unpaired) electrons. The first kappa shape index (κ1) is 22.4. The molecule has 0 heterocycles. The molecule has 0 spiro atoms. The Hall–Kier alpha value is -1.67. The minimum Gasteiger partial charge on any atom is -0.374 e. The van der Waals surface area contributed by atoms with Crippen molar-refractivity contribution in [1.82, 2.24) is 10.6 Å². The first-order valence-electron chi connectivity index (χ1n) is 8.46. The molecule has 0 aromatic heterocycles. The summed E-state index contributed by atoms with van der Waals surface area (Å²) in [6.45, 7) is 5.67. The molecule has 2 N–H and O–H groups in total. The second kappa shape index (κ2) is 11.9. The maximum absolute atomic E-state index is 13.7. The molecule has 0 amide bonds. The first-order chi connectivity index (χ1) is 12.1. The minimum absolute atomic E-state index is 0. The Morgan fingerprint density at radius 3 is 2.42 bits per heavy atom. The van der Waals surface area contributed by atoms with Crippen LogP contribution in [0.3, 0.4) is 0 Å². The minimum atomic E-state index is -0.219. The van der Waals surface area contributed by atoms with Gasteiger partial charge in [-0.1, -0.05) is 42.5 Å². The van der Waals surface area contributed by atoms with Crippen molar-refractivity contribution in [2.45, 2.75) is 39.6 Å². The van der Waals surface area contributed by atoms with Crippen molar-refractivity contribution in [1.29, 1.82) is 0 Å². The molecule has 0 aliphatic rings. The Morgan fingerprint density at radius 2 is 1.73 bits per heavy atom. The summed E-state index contributed by atoms with van der Waals surface area (Å²) in [4.78, 5) is 4.18. The zero-order valence-electron chi connectivity index (χ0n) is 15.5. The summed E-state index contributed by atoms with van der Waals surface area (Å²) in [5, 5.41) is 6.37. The number of hydrogen-bond donors (Lipinski definition) is 2. The van der Waals surface area contributed by atoms with E-state index < -0.39 is 0 Å². The molecular weight excluding hydrogens is 444 g/mol. The Kier molecular flexibility index (Phi) is 10.2. The van der Waals surface area contributed by atoms with Gasteiger partial charge in [-0.3, -0.25) is 4.99 Å². The van der Waals surface area contributed by atoms with Gasteiger partial charge in [0.25, 0.3) is 0 Å². The van der Waals surface area contributed by atoms with E-state index >= 15 is 0 Å². The SMILES string of the molecule is CN=C(NCc1cccc(COC(C)C)c1)NCc1ccccc1F.I. The predicted molar refractivity (Wildman–Crippen MR) is 115 cm³/mol. The van der Waals surface area contributed by atoms with Crippen molar-refractivity contribution in [3.63, 3.8) is 0 Å². The molecule has 6 heteroatoms. The fourth-order valence-electron chi connectivity index (χ4n) is 2.32. The molecule has 2 aromatic rings. The Bertz CT molecular complexity index is 707. The van der Waals surface area contributed by atoms with Gasteiger partial charge in [0.2, 0.25) is 0 Å². The summed E-state index contributed by atoms with van der Waals surface area (Å²) in [6.07, 6.45) is 0.211. The standard InChI is InChI=1S/C20H26FN3O.HI/c1-15(2)25-14-17-8-6-7-16(11-17)12-23-20(22-3)24-13-18-9-4-5-10-19(18)21;/h4-11,15H,12-14H2,1-3H3,(H2,22,23,24);1H. The molecule has 0 aliphatic carbocycles. The maximum atomic E-state index is 13.7. The summed E-state index contributed by atoms with van der Waals surface area (Å²) in [5.41, 5.74) is 2.89. The van der Waals surface area contributed by atoms with Gasteiger partial charge in [-0.2, -0.15) is 0 Å². The highest BCUT2D eigenvalue weighted by atomic mass is 127. The number of guanidine groups is 1. The lowest BCUT2D eigenvalue weighted by Crippen LogP contribution is -2.36. The summed E-state index contributed by atoms with van der Waals surface area (Å²) < 4.78 is 19.3. The predicted octanol–water partition coefficient (Wildman–Crippen LogP) is 4.23. The van der Waals surface area contributed by atoms with E-state index in [1.165, 1.54) is 6.07 Å². The normalized spacial score (nSPS) is 11.2. The van der Waals surface area contributed by atoms with Gasteiger partial charge in [-0.15, -0.1) is 24.0 Å². The van der Waals surface area contributed by atoms with Crippen LogP contribution >= 0.6 is 24.0 Å². The van der Waals surface area contributed by atoms with Crippen LogP contribution in [-0.2, 0) is 24.4 Å². The molecule has 0 saturated carbocycles. The lowest BCUT2D eigenvalue weighted by molar-refractivity contribution is 0.0657. The van der Waals surface area contributed by atoms with Crippen molar-refractivity contribution < 1.29 is 9.13 Å². The number of rotatable bonds is 7. The average Bonchev–Trinajstić information content (AvgIpc) is 2.62. The van der Waals surface area contributed by atoms with E-state index in [1.807, 2.05) is 26.0 Å². The van der Waals surface area contributed by atoms with E-state index in [2.05, 4.69) is 33.8 Å². The molecule has 2 aromatic carbocycles. The highest BCUT2D eigenvalue weighted by molar-refractivity contribution is 14.0. The van der Waals surface area contributed by atoms with Gasteiger partial charge in [0.15, 0.2) is 5.96 Å². The van der Waals surface area contributed by atoms with Crippen LogP contribution < -0.4 is 10.6 Å². The monoisotopic (exact) mass is 471 g/mol. The average molecular weight is 471 g/mol. The van der Waals surface area contributed by atoms with Gasteiger partial charge in [0.1, 0.15) is 5.82 Å². The van der Waals surface area contributed by atoms with Gasteiger partial charge in [-0.05, 0) is 31.0 Å². The molecule has 0 aliphatic heterocycles. The van der Waals surface area contributed by atoms with Crippen molar-refractivity contribution >= 4 is 29.9 Å². The number of nitrogens with one attached hydrogen (secondary N) is 2. The van der Waals surface area contributed by atoms with E-state index in [1.54, 1.807) is 19.2 Å². The zero-order valence-corrected chi connectivity index (χ0v) is 17.8. The molecule has 26 heavy (non-hydrogen) atoms. The summed E-state index contributed by atoms with van der Waals surface area (Å²) in [5.74, 6) is 0.412. The van der Waals surface area contributed by atoms with Gasteiger partial charge in [0, 0.05) is 25.7 Å². The lowest BCUT2D eigenvalue weighted by Gasteiger charge is -2.13. The summed E-state index contributed by atoms with van der Waals surface area (Å²) >= 11 is 0. The quantitative estimate of drug-likeness (QED) is 0.361. The number of ether oxygens (including phenoxy) is 1.